The molecule has 2 fully saturated rings. The molecule has 1 amide bonds. The number of nitrogens with two attached hydrogens (primary N) is 1. The minimum atomic E-state index is -2.95. The van der Waals surface area contributed by atoms with Crippen molar-refractivity contribution < 1.29 is 13.2 Å². The summed E-state index contributed by atoms with van der Waals surface area (Å²) in [5.41, 5.74) is 5.36. The van der Waals surface area contributed by atoms with Crippen LogP contribution < -0.4 is 5.73 Å². The summed E-state index contributed by atoms with van der Waals surface area (Å²) in [6.45, 7) is 0.371. The van der Waals surface area contributed by atoms with Gasteiger partial charge in [-0.2, -0.15) is 0 Å². The van der Waals surface area contributed by atoms with Gasteiger partial charge in [0.25, 0.3) is 0 Å². The summed E-state index contributed by atoms with van der Waals surface area (Å²) in [6.07, 6.45) is 4.32. The van der Waals surface area contributed by atoms with E-state index < -0.39 is 15.3 Å². The molecule has 1 heterocycles. The highest BCUT2D eigenvalue weighted by Gasteiger charge is 2.44. The third kappa shape index (κ3) is 3.23. The molecule has 1 unspecified atom stereocenters. The minimum Gasteiger partial charge on any atom is -0.341 e. The Morgan fingerprint density at radius 3 is 2.37 bits per heavy atom. The molecule has 0 aromatic rings. The summed E-state index contributed by atoms with van der Waals surface area (Å²) in [5, 5.41) is 0. The molecule has 2 rings (SSSR count). The Kier molecular flexibility index (Phi) is 5.26. The zero-order valence-electron chi connectivity index (χ0n) is 11.3. The standard InChI is InChI=1S/C12H22N2O3S.ClH/c1-14(10-4-7-18(16,17)8-10)11(15)12(9-13)5-2-3-6-12;/h10H,2-9,13H2,1H3;1H. The monoisotopic (exact) mass is 310 g/mol. The van der Waals surface area contributed by atoms with Gasteiger partial charge in [-0.25, -0.2) is 8.42 Å². The van der Waals surface area contributed by atoms with E-state index in [0.29, 0.717) is 13.0 Å². The first-order valence-electron chi connectivity index (χ1n) is 6.58. The van der Waals surface area contributed by atoms with Crippen LogP contribution in [0.3, 0.4) is 0 Å². The highest BCUT2D eigenvalue weighted by Crippen LogP contribution is 2.39. The van der Waals surface area contributed by atoms with Gasteiger partial charge >= 0.3 is 0 Å². The first kappa shape index (κ1) is 16.7. The fraction of sp³-hybridized carbons (Fsp3) is 0.917. The van der Waals surface area contributed by atoms with Crippen molar-refractivity contribution in [2.45, 2.75) is 38.1 Å². The van der Waals surface area contributed by atoms with Gasteiger partial charge in [-0.3, -0.25) is 4.79 Å². The molecule has 1 aliphatic carbocycles. The third-order valence-electron chi connectivity index (χ3n) is 4.48. The summed E-state index contributed by atoms with van der Waals surface area (Å²) < 4.78 is 23.0. The van der Waals surface area contributed by atoms with E-state index in [4.69, 9.17) is 5.73 Å². The summed E-state index contributed by atoms with van der Waals surface area (Å²) >= 11 is 0. The molecule has 2 N–H and O–H groups in total. The molecule has 0 radical (unpaired) electrons. The molecule has 7 heteroatoms. The van der Waals surface area contributed by atoms with Gasteiger partial charge in [-0.05, 0) is 19.3 Å². The van der Waals surface area contributed by atoms with Gasteiger partial charge < -0.3 is 10.6 Å². The molecule has 19 heavy (non-hydrogen) atoms. The Morgan fingerprint density at radius 1 is 1.37 bits per heavy atom. The predicted molar refractivity (Wildman–Crippen MR) is 77.0 cm³/mol. The lowest BCUT2D eigenvalue weighted by atomic mass is 9.84. The van der Waals surface area contributed by atoms with Crippen LogP contribution in [0.1, 0.15) is 32.1 Å². The predicted octanol–water partition coefficient (Wildman–Crippen LogP) is 0.573. The highest BCUT2D eigenvalue weighted by atomic mass is 35.5. The van der Waals surface area contributed by atoms with E-state index in [1.54, 1.807) is 11.9 Å². The van der Waals surface area contributed by atoms with Crippen molar-refractivity contribution in [3.63, 3.8) is 0 Å². The molecule has 0 aromatic heterocycles. The van der Waals surface area contributed by atoms with Gasteiger partial charge in [0.15, 0.2) is 9.84 Å². The van der Waals surface area contributed by atoms with Crippen molar-refractivity contribution in [1.82, 2.24) is 4.90 Å². The summed E-state index contributed by atoms with van der Waals surface area (Å²) in [7, 11) is -1.22. The van der Waals surface area contributed by atoms with E-state index in [1.807, 2.05) is 0 Å². The SMILES string of the molecule is CN(C(=O)C1(CN)CCCC1)C1CCS(=O)(=O)C1.Cl. The number of rotatable bonds is 3. The fourth-order valence-electron chi connectivity index (χ4n) is 3.18. The van der Waals surface area contributed by atoms with Crippen molar-refractivity contribution in [2.75, 3.05) is 25.1 Å². The summed E-state index contributed by atoms with van der Waals surface area (Å²) in [5.74, 6) is 0.352. The zero-order valence-corrected chi connectivity index (χ0v) is 12.9. The molecule has 0 bridgehead atoms. The quantitative estimate of drug-likeness (QED) is 0.826. The summed E-state index contributed by atoms with van der Waals surface area (Å²) in [6, 6.07) is -0.161. The van der Waals surface area contributed by atoms with Crippen LogP contribution in [-0.4, -0.2) is 50.4 Å². The molecule has 1 saturated heterocycles. The Bertz CT molecular complexity index is 432. The normalized spacial score (nSPS) is 27.8. The van der Waals surface area contributed by atoms with Gasteiger partial charge in [0, 0.05) is 19.6 Å². The second-order valence-electron chi connectivity index (χ2n) is 5.66. The first-order valence-corrected chi connectivity index (χ1v) is 8.40. The highest BCUT2D eigenvalue weighted by molar-refractivity contribution is 7.91. The number of carbonyl (C=O) groups is 1. The molecular formula is C12H23ClN2O3S. The van der Waals surface area contributed by atoms with Crippen LogP contribution in [0.5, 0.6) is 0 Å². The van der Waals surface area contributed by atoms with Crippen molar-refractivity contribution in [3.05, 3.63) is 0 Å². The maximum atomic E-state index is 12.5. The molecule has 1 atom stereocenters. The van der Waals surface area contributed by atoms with E-state index in [1.165, 1.54) is 0 Å². The van der Waals surface area contributed by atoms with E-state index in [-0.39, 0.29) is 35.9 Å². The van der Waals surface area contributed by atoms with Crippen LogP contribution in [0.4, 0.5) is 0 Å². The Morgan fingerprint density at radius 2 is 1.95 bits per heavy atom. The van der Waals surface area contributed by atoms with Crippen LogP contribution >= 0.6 is 12.4 Å². The Hall–Kier alpha value is -0.330. The van der Waals surface area contributed by atoms with Gasteiger partial charge in [0.1, 0.15) is 0 Å². The lowest BCUT2D eigenvalue weighted by Crippen LogP contribution is -2.49. The molecule has 0 aromatic carbocycles. The van der Waals surface area contributed by atoms with Crippen LogP contribution in [-0.2, 0) is 14.6 Å². The number of nitrogens with zero attached hydrogens (tertiary/aromatic N) is 1. The summed E-state index contributed by atoms with van der Waals surface area (Å²) in [4.78, 5) is 14.2. The van der Waals surface area contributed by atoms with Crippen LogP contribution in [0.2, 0.25) is 0 Å². The lowest BCUT2D eigenvalue weighted by Gasteiger charge is -2.34. The van der Waals surface area contributed by atoms with E-state index in [2.05, 4.69) is 0 Å². The average Bonchev–Trinajstić information content (AvgIpc) is 2.94. The van der Waals surface area contributed by atoms with Gasteiger partial charge in [-0.1, -0.05) is 12.8 Å². The van der Waals surface area contributed by atoms with Crippen LogP contribution in [0.25, 0.3) is 0 Å². The van der Waals surface area contributed by atoms with Gasteiger partial charge in [0.2, 0.25) is 5.91 Å². The van der Waals surface area contributed by atoms with E-state index in [0.717, 1.165) is 25.7 Å². The lowest BCUT2D eigenvalue weighted by molar-refractivity contribution is -0.141. The van der Waals surface area contributed by atoms with Crippen molar-refractivity contribution in [3.8, 4) is 0 Å². The van der Waals surface area contributed by atoms with E-state index >= 15 is 0 Å². The molecule has 1 aliphatic heterocycles. The number of hydrogen-bond donors (Lipinski definition) is 1. The van der Waals surface area contributed by atoms with Crippen molar-refractivity contribution in [2.24, 2.45) is 11.1 Å². The minimum absolute atomic E-state index is 0. The topological polar surface area (TPSA) is 80.5 Å². The number of carbonyl (C=O) groups excluding carboxylic acids is 1. The fourth-order valence-corrected chi connectivity index (χ4v) is 4.95. The maximum Gasteiger partial charge on any atom is 0.230 e. The zero-order chi connectivity index (χ0) is 13.4. The van der Waals surface area contributed by atoms with E-state index in [9.17, 15) is 13.2 Å². The molecular weight excluding hydrogens is 288 g/mol. The van der Waals surface area contributed by atoms with Crippen LogP contribution in [0, 0.1) is 5.41 Å². The van der Waals surface area contributed by atoms with Crippen molar-refractivity contribution in [1.29, 1.82) is 0 Å². The second kappa shape index (κ2) is 5.97. The average molecular weight is 311 g/mol. The number of hydrogen-bond acceptors (Lipinski definition) is 4. The number of amides is 1. The van der Waals surface area contributed by atoms with Crippen LogP contribution in [0.15, 0.2) is 0 Å². The van der Waals surface area contributed by atoms with Crippen molar-refractivity contribution >= 4 is 28.2 Å². The Balaban J connectivity index is 0.00000180. The number of halogens is 1. The third-order valence-corrected chi connectivity index (χ3v) is 6.23. The van der Waals surface area contributed by atoms with Gasteiger partial charge in [-0.15, -0.1) is 12.4 Å². The maximum absolute atomic E-state index is 12.5. The number of sulfone groups is 1. The molecule has 2 aliphatic rings. The Labute approximate surface area is 121 Å². The molecule has 5 nitrogen and oxygen atoms in total. The molecule has 0 spiro atoms. The first-order chi connectivity index (χ1) is 8.40. The smallest absolute Gasteiger partial charge is 0.230 e. The van der Waals surface area contributed by atoms with Gasteiger partial charge in [0.05, 0.1) is 16.9 Å². The second-order valence-corrected chi connectivity index (χ2v) is 7.89. The molecule has 1 saturated carbocycles. The largest absolute Gasteiger partial charge is 0.341 e. The molecule has 112 valence electrons.